The standard InChI is InChI=1S/C20H22N2O2/c1-3-15-12-19(17-9-4-5-10-18(17)22-15)21-13-20(23)14-7-6-8-16(11-14)24-2/h4-12,20,23H,3,13H2,1-2H3,(H,21,22). The topological polar surface area (TPSA) is 54.4 Å². The highest BCUT2D eigenvalue weighted by Gasteiger charge is 2.10. The molecule has 0 amide bonds. The average molecular weight is 322 g/mol. The number of hydrogen-bond donors (Lipinski definition) is 2. The zero-order valence-corrected chi connectivity index (χ0v) is 14.0. The number of methoxy groups -OCH3 is 1. The second-order valence-corrected chi connectivity index (χ2v) is 5.71. The number of fused-ring (bicyclic) bond motifs is 1. The third kappa shape index (κ3) is 3.49. The number of hydrogen-bond acceptors (Lipinski definition) is 4. The fourth-order valence-corrected chi connectivity index (χ4v) is 2.73. The lowest BCUT2D eigenvalue weighted by Gasteiger charge is -2.16. The van der Waals surface area contributed by atoms with Crippen molar-refractivity contribution in [1.82, 2.24) is 4.98 Å². The number of anilines is 1. The number of nitrogens with one attached hydrogen (secondary N) is 1. The Hall–Kier alpha value is -2.59. The Balaban J connectivity index is 1.82. The summed E-state index contributed by atoms with van der Waals surface area (Å²) in [5.74, 6) is 0.745. The van der Waals surface area contributed by atoms with Crippen LogP contribution in [0.4, 0.5) is 5.69 Å². The van der Waals surface area contributed by atoms with E-state index >= 15 is 0 Å². The molecule has 4 heteroatoms. The lowest BCUT2D eigenvalue weighted by atomic mass is 10.1. The average Bonchev–Trinajstić information content (AvgIpc) is 2.65. The molecule has 2 N–H and O–H groups in total. The fourth-order valence-electron chi connectivity index (χ4n) is 2.73. The SMILES string of the molecule is CCc1cc(NCC(O)c2cccc(OC)c2)c2ccccc2n1. The summed E-state index contributed by atoms with van der Waals surface area (Å²) >= 11 is 0. The number of aryl methyl sites for hydroxylation is 1. The minimum Gasteiger partial charge on any atom is -0.497 e. The molecule has 0 aliphatic heterocycles. The Bertz CT molecular complexity index is 833. The Morgan fingerprint density at radius 1 is 1.12 bits per heavy atom. The normalized spacial score (nSPS) is 12.1. The van der Waals surface area contributed by atoms with E-state index in [9.17, 15) is 5.11 Å². The van der Waals surface area contributed by atoms with Gasteiger partial charge in [-0.25, -0.2) is 0 Å². The van der Waals surface area contributed by atoms with Crippen molar-refractivity contribution in [3.05, 3.63) is 65.9 Å². The van der Waals surface area contributed by atoms with Crippen molar-refractivity contribution in [2.45, 2.75) is 19.4 Å². The summed E-state index contributed by atoms with van der Waals surface area (Å²) in [6, 6.07) is 17.6. The maximum atomic E-state index is 10.5. The van der Waals surface area contributed by atoms with Crippen LogP contribution < -0.4 is 10.1 Å². The van der Waals surface area contributed by atoms with E-state index in [4.69, 9.17) is 4.74 Å². The van der Waals surface area contributed by atoms with Gasteiger partial charge in [-0.1, -0.05) is 37.3 Å². The van der Waals surface area contributed by atoms with Gasteiger partial charge in [-0.05, 0) is 36.2 Å². The minimum atomic E-state index is -0.614. The van der Waals surface area contributed by atoms with Crippen molar-refractivity contribution in [2.75, 3.05) is 19.0 Å². The molecule has 0 spiro atoms. The Morgan fingerprint density at radius 2 is 1.96 bits per heavy atom. The summed E-state index contributed by atoms with van der Waals surface area (Å²) in [4.78, 5) is 4.64. The van der Waals surface area contributed by atoms with E-state index in [0.717, 1.165) is 40.0 Å². The predicted molar refractivity (Wildman–Crippen MR) is 97.6 cm³/mol. The van der Waals surface area contributed by atoms with Gasteiger partial charge in [0.25, 0.3) is 0 Å². The third-order valence-electron chi connectivity index (χ3n) is 4.10. The van der Waals surface area contributed by atoms with Crippen LogP contribution in [0.3, 0.4) is 0 Å². The molecule has 0 aliphatic carbocycles. The number of aliphatic hydroxyl groups excluding tert-OH is 1. The zero-order chi connectivity index (χ0) is 16.9. The van der Waals surface area contributed by atoms with Gasteiger partial charge in [0.15, 0.2) is 0 Å². The summed E-state index contributed by atoms with van der Waals surface area (Å²) in [6.45, 7) is 2.51. The second-order valence-electron chi connectivity index (χ2n) is 5.71. The summed E-state index contributed by atoms with van der Waals surface area (Å²) in [5.41, 5.74) is 3.83. The molecule has 0 bridgehead atoms. The summed E-state index contributed by atoms with van der Waals surface area (Å²) in [6.07, 6.45) is 0.259. The van der Waals surface area contributed by atoms with Crippen LogP contribution >= 0.6 is 0 Å². The summed E-state index contributed by atoms with van der Waals surface area (Å²) < 4.78 is 5.22. The van der Waals surface area contributed by atoms with Gasteiger partial charge in [-0.3, -0.25) is 4.98 Å². The molecule has 1 unspecified atom stereocenters. The van der Waals surface area contributed by atoms with Crippen LogP contribution in [0.1, 0.15) is 24.3 Å². The number of pyridine rings is 1. The first-order chi connectivity index (χ1) is 11.7. The highest BCUT2D eigenvalue weighted by atomic mass is 16.5. The van der Waals surface area contributed by atoms with E-state index in [1.807, 2.05) is 48.5 Å². The molecule has 3 aromatic rings. The van der Waals surface area contributed by atoms with Crippen LogP contribution in [-0.2, 0) is 6.42 Å². The molecule has 1 atom stereocenters. The molecule has 4 nitrogen and oxygen atoms in total. The number of rotatable bonds is 6. The maximum absolute atomic E-state index is 10.5. The van der Waals surface area contributed by atoms with E-state index in [1.165, 1.54) is 0 Å². The quantitative estimate of drug-likeness (QED) is 0.721. The summed E-state index contributed by atoms with van der Waals surface area (Å²) in [5, 5.41) is 14.9. The van der Waals surface area contributed by atoms with Gasteiger partial charge in [0.2, 0.25) is 0 Å². The largest absolute Gasteiger partial charge is 0.497 e. The second kappa shape index (κ2) is 7.32. The molecule has 0 fully saturated rings. The van der Waals surface area contributed by atoms with Crippen LogP contribution in [-0.4, -0.2) is 23.7 Å². The first kappa shape index (κ1) is 16.3. The highest BCUT2D eigenvalue weighted by molar-refractivity contribution is 5.91. The molecule has 24 heavy (non-hydrogen) atoms. The van der Waals surface area contributed by atoms with E-state index in [1.54, 1.807) is 7.11 Å². The van der Waals surface area contributed by atoms with E-state index < -0.39 is 6.10 Å². The van der Waals surface area contributed by atoms with E-state index in [2.05, 4.69) is 23.3 Å². The third-order valence-corrected chi connectivity index (χ3v) is 4.10. The Labute approximate surface area is 142 Å². The molecule has 124 valence electrons. The molecule has 0 radical (unpaired) electrons. The van der Waals surface area contributed by atoms with Crippen LogP contribution in [0, 0.1) is 0 Å². The van der Waals surface area contributed by atoms with Crippen molar-refractivity contribution in [1.29, 1.82) is 0 Å². The molecule has 1 aromatic heterocycles. The number of ether oxygens (including phenoxy) is 1. The molecule has 3 rings (SSSR count). The van der Waals surface area contributed by atoms with Gasteiger partial charge in [0.1, 0.15) is 5.75 Å². The lowest BCUT2D eigenvalue weighted by molar-refractivity contribution is 0.191. The summed E-state index contributed by atoms with van der Waals surface area (Å²) in [7, 11) is 1.62. The minimum absolute atomic E-state index is 0.421. The van der Waals surface area contributed by atoms with Crippen LogP contribution in [0.2, 0.25) is 0 Å². The zero-order valence-electron chi connectivity index (χ0n) is 14.0. The van der Waals surface area contributed by atoms with Gasteiger partial charge in [0, 0.05) is 23.3 Å². The van der Waals surface area contributed by atoms with Crippen LogP contribution in [0.15, 0.2) is 54.6 Å². The maximum Gasteiger partial charge on any atom is 0.119 e. The van der Waals surface area contributed by atoms with Gasteiger partial charge in [-0.2, -0.15) is 0 Å². The number of aromatic nitrogens is 1. The van der Waals surface area contributed by atoms with Crippen molar-refractivity contribution in [2.24, 2.45) is 0 Å². The first-order valence-electron chi connectivity index (χ1n) is 8.15. The fraction of sp³-hybridized carbons (Fsp3) is 0.250. The number of nitrogens with zero attached hydrogens (tertiary/aromatic N) is 1. The van der Waals surface area contributed by atoms with Gasteiger partial charge in [-0.15, -0.1) is 0 Å². The van der Waals surface area contributed by atoms with Crippen molar-refractivity contribution in [3.8, 4) is 5.75 Å². The van der Waals surface area contributed by atoms with Crippen molar-refractivity contribution in [3.63, 3.8) is 0 Å². The molecule has 1 heterocycles. The van der Waals surface area contributed by atoms with Crippen molar-refractivity contribution < 1.29 is 9.84 Å². The van der Waals surface area contributed by atoms with Crippen LogP contribution in [0.5, 0.6) is 5.75 Å². The van der Waals surface area contributed by atoms with Crippen LogP contribution in [0.25, 0.3) is 10.9 Å². The number of aliphatic hydroxyl groups is 1. The number of para-hydroxylation sites is 1. The highest BCUT2D eigenvalue weighted by Crippen LogP contribution is 2.25. The number of benzene rings is 2. The molecule has 2 aromatic carbocycles. The molecule has 0 saturated heterocycles. The first-order valence-corrected chi connectivity index (χ1v) is 8.15. The molecule has 0 saturated carbocycles. The molecular formula is C20H22N2O2. The van der Waals surface area contributed by atoms with Gasteiger partial charge >= 0.3 is 0 Å². The monoisotopic (exact) mass is 322 g/mol. The van der Waals surface area contributed by atoms with Gasteiger partial charge < -0.3 is 15.2 Å². The Morgan fingerprint density at radius 3 is 2.75 bits per heavy atom. The lowest BCUT2D eigenvalue weighted by Crippen LogP contribution is -2.13. The van der Waals surface area contributed by atoms with Gasteiger partial charge in [0.05, 0.1) is 18.7 Å². The molecular weight excluding hydrogens is 300 g/mol. The smallest absolute Gasteiger partial charge is 0.119 e. The predicted octanol–water partition coefficient (Wildman–Crippen LogP) is 3.95. The Kier molecular flexibility index (Phi) is 4.96. The van der Waals surface area contributed by atoms with E-state index in [-0.39, 0.29) is 0 Å². The molecule has 0 aliphatic rings. The van der Waals surface area contributed by atoms with Crippen molar-refractivity contribution >= 4 is 16.6 Å². The van der Waals surface area contributed by atoms with E-state index in [0.29, 0.717) is 6.54 Å².